The van der Waals surface area contributed by atoms with E-state index in [0.717, 1.165) is 0 Å². The monoisotopic (exact) mass is 289 g/mol. The van der Waals surface area contributed by atoms with Crippen LogP contribution in [0, 0.1) is 0 Å². The van der Waals surface area contributed by atoms with Gasteiger partial charge in [0, 0.05) is 22.4 Å². The molecule has 2 nitrogen and oxygen atoms in total. The average Bonchev–Trinajstić information content (AvgIpc) is 1.38. The molecule has 0 heterocycles. The molecule has 0 atom stereocenters. The first-order valence-electron chi connectivity index (χ1n) is 1.10. The Bertz CT molecular complexity index is 46.8. The summed E-state index contributed by atoms with van der Waals surface area (Å²) in [6.07, 6.45) is 0. The van der Waals surface area contributed by atoms with Gasteiger partial charge < -0.3 is 5.11 Å². The van der Waals surface area contributed by atoms with Crippen LogP contribution in [0.4, 0.5) is 0 Å². The van der Waals surface area contributed by atoms with Gasteiger partial charge in [-0.25, -0.2) is 0 Å². The van der Waals surface area contributed by atoms with E-state index in [1.165, 1.54) is 0 Å². The van der Waals surface area contributed by atoms with Gasteiger partial charge in [-0.05, 0) is 0 Å². The number of aliphatic carboxylic acids is 1. The van der Waals surface area contributed by atoms with Crippen molar-refractivity contribution in [2.45, 2.75) is 0 Å². The fourth-order valence-electron chi connectivity index (χ4n) is 0. The molecule has 0 bridgehead atoms. The average molecular weight is 289 g/mol. The fraction of sp³-hybridized carbons (Fsp3) is 0.500. The Hall–Kier alpha value is 0.560. The summed E-state index contributed by atoms with van der Waals surface area (Å²) in [7, 11) is 0. The van der Waals surface area contributed by atoms with Gasteiger partial charge in [-0.2, -0.15) is 12.6 Å². The van der Waals surface area contributed by atoms with Gasteiger partial charge in [-0.15, -0.1) is 0 Å². The van der Waals surface area contributed by atoms with Crippen molar-refractivity contribution >= 4 is 18.6 Å². The predicted molar refractivity (Wildman–Crippen MR) is 21.5 cm³/mol. The summed E-state index contributed by atoms with van der Waals surface area (Å²) < 4.78 is 0. The van der Waals surface area contributed by atoms with Crippen LogP contribution in [-0.2, 0) is 27.2 Å². The molecule has 4 heteroatoms. The quantitative estimate of drug-likeness (QED) is 0.526. The number of rotatable bonds is 1. The summed E-state index contributed by atoms with van der Waals surface area (Å²) >= 11 is 3.42. The van der Waals surface area contributed by atoms with Gasteiger partial charge in [0.05, 0.1) is 5.75 Å². The Morgan fingerprint density at radius 1 is 1.83 bits per heavy atom. The van der Waals surface area contributed by atoms with Crippen LogP contribution in [0.15, 0.2) is 0 Å². The zero-order valence-electron chi connectivity index (χ0n) is 2.81. The van der Waals surface area contributed by atoms with Gasteiger partial charge >= 0.3 is 5.97 Å². The minimum atomic E-state index is -0.881. The molecule has 0 amide bonds. The Morgan fingerprint density at radius 3 is 2.00 bits per heavy atom. The molecule has 0 saturated carbocycles. The Kier molecular flexibility index (Phi) is 9.04. The second kappa shape index (κ2) is 5.56. The largest absolute Gasteiger partial charge is 0.481 e. The predicted octanol–water partition coefficient (Wildman–Crippen LogP) is -0.00170. The molecule has 0 rings (SSSR count). The van der Waals surface area contributed by atoms with Gasteiger partial charge in [0.2, 0.25) is 0 Å². The van der Waals surface area contributed by atoms with E-state index in [1.807, 2.05) is 0 Å². The molecule has 41 valence electrons. The standard InChI is InChI=1S/C2H4O2S.Au/c3-2(4)1-5;/h5H,1H2,(H,3,4);. The van der Waals surface area contributed by atoms with Crippen LogP contribution in [0.5, 0.6) is 0 Å². The molecule has 0 aliphatic rings. The van der Waals surface area contributed by atoms with Gasteiger partial charge in [-0.3, -0.25) is 4.79 Å². The third-order valence-corrected chi connectivity index (χ3v) is 0.406. The number of carboxylic acids is 1. The molecular weight excluding hydrogens is 285 g/mol. The minimum absolute atomic E-state index is 0. The van der Waals surface area contributed by atoms with E-state index in [2.05, 4.69) is 12.6 Å². The first-order chi connectivity index (χ1) is 2.27. The molecule has 0 saturated heterocycles. The van der Waals surface area contributed by atoms with Crippen molar-refractivity contribution in [3.63, 3.8) is 0 Å². The van der Waals surface area contributed by atoms with E-state index in [4.69, 9.17) is 5.11 Å². The number of carbonyl (C=O) groups is 1. The Labute approximate surface area is 56.8 Å². The van der Waals surface area contributed by atoms with Crippen LogP contribution in [0.3, 0.4) is 0 Å². The maximum atomic E-state index is 9.29. The normalized spacial score (nSPS) is 6.17. The maximum absolute atomic E-state index is 9.29. The number of hydrogen-bond acceptors (Lipinski definition) is 2. The molecular formula is C2H4AuO2S. The van der Waals surface area contributed by atoms with Crippen LogP contribution in [0.2, 0.25) is 0 Å². The first kappa shape index (κ1) is 9.75. The van der Waals surface area contributed by atoms with Gasteiger partial charge in [0.1, 0.15) is 0 Å². The smallest absolute Gasteiger partial charge is 0.313 e. The second-order valence-electron chi connectivity index (χ2n) is 0.552. The second-order valence-corrected chi connectivity index (χ2v) is 0.868. The van der Waals surface area contributed by atoms with Crippen molar-refractivity contribution < 1.29 is 32.3 Å². The molecule has 0 fully saturated rings. The van der Waals surface area contributed by atoms with E-state index in [-0.39, 0.29) is 28.1 Å². The molecule has 0 aliphatic carbocycles. The van der Waals surface area contributed by atoms with Crippen molar-refractivity contribution in [2.24, 2.45) is 0 Å². The van der Waals surface area contributed by atoms with Gasteiger partial charge in [0.25, 0.3) is 0 Å². The van der Waals surface area contributed by atoms with E-state index in [1.54, 1.807) is 0 Å². The van der Waals surface area contributed by atoms with Crippen LogP contribution < -0.4 is 0 Å². The van der Waals surface area contributed by atoms with Crippen LogP contribution in [0.1, 0.15) is 0 Å². The molecule has 0 aromatic carbocycles. The Balaban J connectivity index is 0. The van der Waals surface area contributed by atoms with Crippen molar-refractivity contribution in [2.75, 3.05) is 5.75 Å². The topological polar surface area (TPSA) is 37.3 Å². The molecule has 0 unspecified atom stereocenters. The fourth-order valence-corrected chi connectivity index (χ4v) is 0. The maximum Gasteiger partial charge on any atom is 0.313 e. The van der Waals surface area contributed by atoms with Crippen molar-refractivity contribution in [1.29, 1.82) is 0 Å². The molecule has 0 aromatic heterocycles. The van der Waals surface area contributed by atoms with Crippen LogP contribution in [-0.4, -0.2) is 16.8 Å². The zero-order chi connectivity index (χ0) is 4.28. The van der Waals surface area contributed by atoms with Crippen molar-refractivity contribution in [3.8, 4) is 0 Å². The van der Waals surface area contributed by atoms with E-state index in [0.29, 0.717) is 0 Å². The summed E-state index contributed by atoms with van der Waals surface area (Å²) in [6, 6.07) is 0. The molecule has 1 N–H and O–H groups in total. The van der Waals surface area contributed by atoms with Gasteiger partial charge in [-0.1, -0.05) is 0 Å². The third-order valence-electron chi connectivity index (χ3n) is 0.135. The summed E-state index contributed by atoms with van der Waals surface area (Å²) in [6.45, 7) is 0. The molecule has 0 aliphatic heterocycles. The summed E-state index contributed by atoms with van der Waals surface area (Å²) in [5, 5.41) is 7.65. The SMILES string of the molecule is O=C(O)CS.[Au]. The summed E-state index contributed by atoms with van der Waals surface area (Å²) in [5.74, 6) is -0.965. The summed E-state index contributed by atoms with van der Waals surface area (Å²) in [4.78, 5) is 9.29. The first-order valence-corrected chi connectivity index (χ1v) is 1.73. The zero-order valence-corrected chi connectivity index (χ0v) is 5.87. The van der Waals surface area contributed by atoms with Crippen LogP contribution >= 0.6 is 12.6 Å². The van der Waals surface area contributed by atoms with E-state index < -0.39 is 5.97 Å². The molecule has 0 aromatic rings. The van der Waals surface area contributed by atoms with Crippen molar-refractivity contribution in [1.82, 2.24) is 0 Å². The summed E-state index contributed by atoms with van der Waals surface area (Å²) in [5.41, 5.74) is 0. The third kappa shape index (κ3) is 8.82. The minimum Gasteiger partial charge on any atom is -0.481 e. The molecule has 1 radical (unpaired) electrons. The van der Waals surface area contributed by atoms with E-state index >= 15 is 0 Å². The van der Waals surface area contributed by atoms with Crippen molar-refractivity contribution in [3.05, 3.63) is 0 Å². The number of hydrogen-bond donors (Lipinski definition) is 2. The molecule has 6 heavy (non-hydrogen) atoms. The number of thiol groups is 1. The van der Waals surface area contributed by atoms with Crippen LogP contribution in [0.25, 0.3) is 0 Å². The van der Waals surface area contributed by atoms with E-state index in [9.17, 15) is 4.79 Å². The molecule has 0 spiro atoms. The number of carboxylic acid groups (broad SMARTS) is 1. The van der Waals surface area contributed by atoms with Gasteiger partial charge in [0.15, 0.2) is 0 Å². The Morgan fingerprint density at radius 2 is 2.00 bits per heavy atom.